The van der Waals surface area contributed by atoms with Gasteiger partial charge in [-0.15, -0.1) is 0 Å². The van der Waals surface area contributed by atoms with Crippen molar-refractivity contribution >= 4 is 0 Å². The molecule has 0 radical (unpaired) electrons. The fraction of sp³-hybridized carbons (Fsp3) is 0.438. The predicted molar refractivity (Wildman–Crippen MR) is 80.0 cm³/mol. The third-order valence-electron chi connectivity index (χ3n) is 3.14. The average Bonchev–Trinajstić information content (AvgIpc) is 2.71. The number of aryl methyl sites for hydroxylation is 1. The molecule has 102 valence electrons. The van der Waals surface area contributed by atoms with Crippen LogP contribution in [-0.2, 0) is 13.0 Å². The van der Waals surface area contributed by atoms with Crippen LogP contribution in [0.25, 0.3) is 11.3 Å². The molecule has 2 N–H and O–H groups in total. The summed E-state index contributed by atoms with van der Waals surface area (Å²) >= 11 is 0. The van der Waals surface area contributed by atoms with Crippen molar-refractivity contribution in [1.29, 1.82) is 0 Å². The van der Waals surface area contributed by atoms with Gasteiger partial charge in [-0.2, -0.15) is 5.10 Å². The van der Waals surface area contributed by atoms with Crippen LogP contribution in [0.4, 0.5) is 0 Å². The smallest absolute Gasteiger partial charge is 0.0685 e. The molecule has 0 aliphatic rings. The Hall–Kier alpha value is -1.61. The van der Waals surface area contributed by atoms with E-state index in [1.807, 2.05) is 11.6 Å². The van der Waals surface area contributed by atoms with Crippen molar-refractivity contribution in [1.82, 2.24) is 9.78 Å². The van der Waals surface area contributed by atoms with Crippen LogP contribution in [0.2, 0.25) is 0 Å². The molecule has 2 aromatic rings. The van der Waals surface area contributed by atoms with Gasteiger partial charge in [0.1, 0.15) is 0 Å². The summed E-state index contributed by atoms with van der Waals surface area (Å²) in [4.78, 5) is 0. The summed E-state index contributed by atoms with van der Waals surface area (Å²) in [5.74, 6) is 0.691. The van der Waals surface area contributed by atoms with Crippen LogP contribution in [0, 0.1) is 12.8 Å². The van der Waals surface area contributed by atoms with Gasteiger partial charge in [0, 0.05) is 6.54 Å². The Morgan fingerprint density at radius 2 is 1.89 bits per heavy atom. The second kappa shape index (κ2) is 6.02. The fourth-order valence-electron chi connectivity index (χ4n) is 2.35. The predicted octanol–water partition coefficient (Wildman–Crippen LogP) is 3.02. The maximum atomic E-state index is 5.63. The largest absolute Gasteiger partial charge is 0.329 e. The van der Waals surface area contributed by atoms with Crippen molar-refractivity contribution in [2.24, 2.45) is 11.7 Å². The Morgan fingerprint density at radius 3 is 2.47 bits per heavy atom. The Morgan fingerprint density at radius 1 is 1.21 bits per heavy atom. The van der Waals surface area contributed by atoms with Crippen molar-refractivity contribution < 1.29 is 0 Å². The Balaban J connectivity index is 2.26. The molecule has 0 aliphatic heterocycles. The second-order valence-electron chi connectivity index (χ2n) is 5.48. The third-order valence-corrected chi connectivity index (χ3v) is 3.14. The summed E-state index contributed by atoms with van der Waals surface area (Å²) in [7, 11) is 0. The summed E-state index contributed by atoms with van der Waals surface area (Å²) in [6, 6.07) is 10.9. The highest BCUT2D eigenvalue weighted by atomic mass is 15.3. The van der Waals surface area contributed by atoms with Crippen molar-refractivity contribution in [2.45, 2.75) is 33.7 Å². The molecule has 0 bridgehead atoms. The number of nitrogens with zero attached hydrogens (tertiary/aromatic N) is 2. The highest BCUT2D eigenvalue weighted by Gasteiger charge is 2.07. The topological polar surface area (TPSA) is 43.8 Å². The maximum absolute atomic E-state index is 5.63. The molecule has 0 saturated carbocycles. The number of hydrogen-bond acceptors (Lipinski definition) is 2. The Labute approximate surface area is 115 Å². The van der Waals surface area contributed by atoms with Gasteiger partial charge in [0.25, 0.3) is 0 Å². The summed E-state index contributed by atoms with van der Waals surface area (Å²) < 4.78 is 1.99. The quantitative estimate of drug-likeness (QED) is 0.894. The fourth-order valence-corrected chi connectivity index (χ4v) is 2.35. The summed E-state index contributed by atoms with van der Waals surface area (Å²) in [6.45, 7) is 7.88. The van der Waals surface area contributed by atoms with Crippen molar-refractivity contribution in [3.05, 3.63) is 41.6 Å². The average molecular weight is 257 g/mol. The minimum Gasteiger partial charge on any atom is -0.329 e. The molecule has 3 nitrogen and oxygen atoms in total. The first kappa shape index (κ1) is 13.8. The van der Waals surface area contributed by atoms with E-state index >= 15 is 0 Å². The molecule has 0 atom stereocenters. The molecular weight excluding hydrogens is 234 g/mol. The Bertz CT molecular complexity index is 523. The lowest BCUT2D eigenvalue weighted by atomic mass is 10.0. The lowest BCUT2D eigenvalue weighted by Gasteiger charge is -2.08. The number of hydrogen-bond donors (Lipinski definition) is 1. The van der Waals surface area contributed by atoms with Gasteiger partial charge >= 0.3 is 0 Å². The van der Waals surface area contributed by atoms with Crippen LogP contribution < -0.4 is 5.73 Å². The lowest BCUT2D eigenvalue weighted by molar-refractivity contribution is 0.626. The molecule has 19 heavy (non-hydrogen) atoms. The van der Waals surface area contributed by atoms with Crippen LogP contribution >= 0.6 is 0 Å². The molecule has 3 heteroatoms. The van der Waals surface area contributed by atoms with Crippen molar-refractivity contribution in [3.63, 3.8) is 0 Å². The van der Waals surface area contributed by atoms with Crippen LogP contribution in [0.15, 0.2) is 30.3 Å². The standard InChI is InChI=1S/C16H23N3/c1-12(2)10-14-4-6-15(7-5-14)16-11-13(3)18-19(16)9-8-17/h4-7,11-12H,8-10,17H2,1-3H3. The molecule has 0 amide bonds. The zero-order valence-corrected chi connectivity index (χ0v) is 12.1. The van der Waals surface area contributed by atoms with Crippen molar-refractivity contribution in [2.75, 3.05) is 6.54 Å². The SMILES string of the molecule is Cc1cc(-c2ccc(CC(C)C)cc2)n(CCN)n1. The van der Waals surface area contributed by atoms with E-state index in [0.29, 0.717) is 12.5 Å². The van der Waals surface area contributed by atoms with E-state index in [4.69, 9.17) is 5.73 Å². The first-order chi connectivity index (χ1) is 9.10. The number of rotatable bonds is 5. The van der Waals surface area contributed by atoms with Crippen LogP contribution in [0.5, 0.6) is 0 Å². The van der Waals surface area contributed by atoms with Crippen LogP contribution in [-0.4, -0.2) is 16.3 Å². The van der Waals surface area contributed by atoms with Gasteiger partial charge < -0.3 is 5.73 Å². The van der Waals surface area contributed by atoms with E-state index in [9.17, 15) is 0 Å². The zero-order chi connectivity index (χ0) is 13.8. The minimum atomic E-state index is 0.611. The second-order valence-corrected chi connectivity index (χ2v) is 5.48. The first-order valence-electron chi connectivity index (χ1n) is 6.94. The Kier molecular flexibility index (Phi) is 4.38. The molecule has 2 rings (SSSR count). The summed E-state index contributed by atoms with van der Waals surface area (Å²) in [5, 5.41) is 4.48. The molecule has 0 unspecified atom stereocenters. The number of nitrogens with two attached hydrogens (primary N) is 1. The highest BCUT2D eigenvalue weighted by molar-refractivity contribution is 5.60. The molecule has 1 aromatic carbocycles. The zero-order valence-electron chi connectivity index (χ0n) is 12.1. The molecule has 0 spiro atoms. The molecule has 0 aliphatic carbocycles. The van der Waals surface area contributed by atoms with Crippen LogP contribution in [0.1, 0.15) is 25.1 Å². The van der Waals surface area contributed by atoms with Gasteiger partial charge in [-0.1, -0.05) is 38.1 Å². The van der Waals surface area contributed by atoms with Crippen molar-refractivity contribution in [3.8, 4) is 11.3 Å². The minimum absolute atomic E-state index is 0.611. The van der Waals surface area contributed by atoms with Gasteiger partial charge in [-0.25, -0.2) is 0 Å². The number of aromatic nitrogens is 2. The molecular formula is C16H23N3. The molecule has 1 heterocycles. The molecule has 0 fully saturated rings. The van der Waals surface area contributed by atoms with Gasteiger partial charge in [-0.05, 0) is 36.5 Å². The third kappa shape index (κ3) is 3.44. The van der Waals surface area contributed by atoms with E-state index in [1.54, 1.807) is 0 Å². The van der Waals surface area contributed by atoms with E-state index in [2.05, 4.69) is 49.3 Å². The van der Waals surface area contributed by atoms with Gasteiger partial charge in [0.15, 0.2) is 0 Å². The summed E-state index contributed by atoms with van der Waals surface area (Å²) in [6.07, 6.45) is 1.13. The maximum Gasteiger partial charge on any atom is 0.0685 e. The van der Waals surface area contributed by atoms with Gasteiger partial charge in [0.2, 0.25) is 0 Å². The van der Waals surface area contributed by atoms with E-state index in [0.717, 1.165) is 24.4 Å². The molecule has 1 aromatic heterocycles. The monoisotopic (exact) mass is 257 g/mol. The summed E-state index contributed by atoms with van der Waals surface area (Å²) in [5.41, 5.74) is 10.4. The molecule has 0 saturated heterocycles. The van der Waals surface area contributed by atoms with E-state index in [1.165, 1.54) is 11.1 Å². The van der Waals surface area contributed by atoms with Gasteiger partial charge in [-0.3, -0.25) is 4.68 Å². The van der Waals surface area contributed by atoms with Crippen LogP contribution in [0.3, 0.4) is 0 Å². The van der Waals surface area contributed by atoms with E-state index < -0.39 is 0 Å². The van der Waals surface area contributed by atoms with Gasteiger partial charge in [0.05, 0.1) is 17.9 Å². The van der Waals surface area contributed by atoms with E-state index in [-0.39, 0.29) is 0 Å². The first-order valence-corrected chi connectivity index (χ1v) is 6.94. The lowest BCUT2D eigenvalue weighted by Crippen LogP contribution is -2.12. The normalized spacial score (nSPS) is 11.2. The highest BCUT2D eigenvalue weighted by Crippen LogP contribution is 2.21. The number of benzene rings is 1.